The fraction of sp³-hybridized carbons (Fsp3) is 0.125. The van der Waals surface area contributed by atoms with Gasteiger partial charge in [0.05, 0.1) is 11.1 Å². The fourth-order valence-corrected chi connectivity index (χ4v) is 1.99. The van der Waals surface area contributed by atoms with E-state index in [1.165, 1.54) is 12.1 Å². The van der Waals surface area contributed by atoms with Crippen molar-refractivity contribution in [3.05, 3.63) is 70.8 Å². The van der Waals surface area contributed by atoms with Crippen molar-refractivity contribution in [1.82, 2.24) is 0 Å². The van der Waals surface area contributed by atoms with E-state index in [0.29, 0.717) is 11.1 Å². The van der Waals surface area contributed by atoms with Crippen LogP contribution in [0.5, 0.6) is 0 Å². The van der Waals surface area contributed by atoms with Crippen LogP contribution in [0.15, 0.2) is 48.5 Å². The number of hydrogen-bond donors (Lipinski definition) is 2. The number of benzene rings is 2. The van der Waals surface area contributed by atoms with Crippen LogP contribution in [0.2, 0.25) is 0 Å². The number of halogens is 3. The first-order chi connectivity index (χ1) is 10.6. The number of rotatable bonds is 2. The van der Waals surface area contributed by atoms with Crippen molar-refractivity contribution in [2.45, 2.75) is 10.7 Å². The standard InChI is InChI=1S/C9H8O4.C7H5Cl3/c1-5-2-3-6(8(10)11)4-7(5)9(12)13;8-7(9,10)6-4-2-1-3-5-6/h2-4H,1H3,(H,10,11)(H,12,13);1-5H. The molecule has 0 saturated heterocycles. The first-order valence-corrected chi connectivity index (χ1v) is 7.46. The first kappa shape index (κ1) is 19.3. The van der Waals surface area contributed by atoms with Crippen molar-refractivity contribution in [1.29, 1.82) is 0 Å². The summed E-state index contributed by atoms with van der Waals surface area (Å²) in [5.41, 5.74) is 1.26. The molecule has 23 heavy (non-hydrogen) atoms. The molecule has 0 aromatic heterocycles. The first-order valence-electron chi connectivity index (χ1n) is 6.32. The molecule has 0 heterocycles. The molecule has 2 rings (SSSR count). The third-order valence-electron chi connectivity index (χ3n) is 2.82. The molecule has 0 unspecified atom stereocenters. The maximum Gasteiger partial charge on any atom is 0.335 e. The molecule has 0 amide bonds. The van der Waals surface area contributed by atoms with Gasteiger partial charge in [-0.15, -0.1) is 0 Å². The topological polar surface area (TPSA) is 74.6 Å². The van der Waals surface area contributed by atoms with Crippen LogP contribution >= 0.6 is 34.8 Å². The predicted molar refractivity (Wildman–Crippen MR) is 90.8 cm³/mol. The van der Waals surface area contributed by atoms with Gasteiger partial charge in [-0.1, -0.05) is 71.2 Å². The molecule has 0 bridgehead atoms. The molecule has 0 atom stereocenters. The van der Waals surface area contributed by atoms with Crippen LogP contribution in [0.1, 0.15) is 31.8 Å². The highest BCUT2D eigenvalue weighted by Gasteiger charge is 2.21. The SMILES string of the molecule is Cc1ccc(C(=O)O)cc1C(=O)O.ClC(Cl)(Cl)c1ccccc1. The monoisotopic (exact) mass is 374 g/mol. The maximum atomic E-state index is 10.6. The van der Waals surface area contributed by atoms with E-state index < -0.39 is 15.7 Å². The summed E-state index contributed by atoms with van der Waals surface area (Å²) in [5.74, 6) is -2.23. The Morgan fingerprint density at radius 1 is 0.913 bits per heavy atom. The molecule has 0 aliphatic carbocycles. The van der Waals surface area contributed by atoms with Crippen LogP contribution in [-0.2, 0) is 3.79 Å². The highest BCUT2D eigenvalue weighted by Crippen LogP contribution is 2.37. The van der Waals surface area contributed by atoms with Crippen LogP contribution in [0.4, 0.5) is 0 Å². The zero-order chi connectivity index (χ0) is 17.6. The lowest BCUT2D eigenvalue weighted by atomic mass is 10.1. The Balaban J connectivity index is 0.000000238. The van der Waals surface area contributed by atoms with Gasteiger partial charge in [0.15, 0.2) is 0 Å². The molecular formula is C16H13Cl3O4. The number of carboxylic acid groups (broad SMARTS) is 2. The maximum absolute atomic E-state index is 10.6. The number of aromatic carboxylic acids is 2. The molecule has 2 aromatic carbocycles. The summed E-state index contributed by atoms with van der Waals surface area (Å²) in [5, 5.41) is 17.3. The number of alkyl halides is 3. The van der Waals surface area contributed by atoms with Crippen molar-refractivity contribution < 1.29 is 19.8 Å². The number of aryl methyl sites for hydroxylation is 1. The average molecular weight is 376 g/mol. The van der Waals surface area contributed by atoms with Crippen LogP contribution in [0.3, 0.4) is 0 Å². The van der Waals surface area contributed by atoms with Gasteiger partial charge >= 0.3 is 11.9 Å². The lowest BCUT2D eigenvalue weighted by molar-refractivity contribution is 0.0695. The quantitative estimate of drug-likeness (QED) is 0.732. The highest BCUT2D eigenvalue weighted by molar-refractivity contribution is 6.66. The molecule has 0 aliphatic heterocycles. The molecule has 0 fully saturated rings. The van der Waals surface area contributed by atoms with Crippen LogP contribution in [0.25, 0.3) is 0 Å². The van der Waals surface area contributed by atoms with E-state index in [4.69, 9.17) is 45.0 Å². The summed E-state index contributed by atoms with van der Waals surface area (Å²) in [4.78, 5) is 21.1. The van der Waals surface area contributed by atoms with E-state index in [0.717, 1.165) is 6.07 Å². The summed E-state index contributed by atoms with van der Waals surface area (Å²) in [6.07, 6.45) is 0. The second kappa shape index (κ2) is 8.20. The van der Waals surface area contributed by atoms with E-state index in [1.54, 1.807) is 19.1 Å². The van der Waals surface area contributed by atoms with E-state index >= 15 is 0 Å². The molecule has 0 aliphatic rings. The van der Waals surface area contributed by atoms with Crippen LogP contribution < -0.4 is 0 Å². The van der Waals surface area contributed by atoms with Gasteiger partial charge in [-0.3, -0.25) is 0 Å². The van der Waals surface area contributed by atoms with Crippen molar-refractivity contribution in [2.75, 3.05) is 0 Å². The lowest BCUT2D eigenvalue weighted by Crippen LogP contribution is -2.03. The zero-order valence-corrected chi connectivity index (χ0v) is 14.2. The normalized spacial score (nSPS) is 10.4. The minimum absolute atomic E-state index is 0.0111. The van der Waals surface area contributed by atoms with Crippen molar-refractivity contribution in [3.63, 3.8) is 0 Å². The Hall–Kier alpha value is -1.75. The second-order valence-corrected chi connectivity index (χ2v) is 6.79. The lowest BCUT2D eigenvalue weighted by Gasteiger charge is -2.09. The van der Waals surface area contributed by atoms with Crippen LogP contribution in [0, 0.1) is 6.92 Å². The van der Waals surface area contributed by atoms with E-state index in [1.807, 2.05) is 18.2 Å². The van der Waals surface area contributed by atoms with Gasteiger partial charge < -0.3 is 10.2 Å². The smallest absolute Gasteiger partial charge is 0.335 e. The molecular weight excluding hydrogens is 363 g/mol. The minimum Gasteiger partial charge on any atom is -0.478 e. The zero-order valence-electron chi connectivity index (χ0n) is 12.0. The minimum atomic E-state index is -1.29. The molecule has 4 nitrogen and oxygen atoms in total. The van der Waals surface area contributed by atoms with Gasteiger partial charge in [-0.05, 0) is 24.6 Å². The van der Waals surface area contributed by atoms with Gasteiger partial charge in [-0.25, -0.2) is 9.59 Å². The molecule has 0 spiro atoms. The Morgan fingerprint density at radius 3 is 1.87 bits per heavy atom. The average Bonchev–Trinajstić information content (AvgIpc) is 2.48. The van der Waals surface area contributed by atoms with Gasteiger partial charge in [0.25, 0.3) is 0 Å². The molecule has 122 valence electrons. The largest absolute Gasteiger partial charge is 0.478 e. The Kier molecular flexibility index (Phi) is 6.88. The fourth-order valence-electron chi connectivity index (χ4n) is 1.61. The van der Waals surface area contributed by atoms with Gasteiger partial charge in [0, 0.05) is 5.56 Å². The molecule has 2 N–H and O–H groups in total. The van der Waals surface area contributed by atoms with E-state index in [2.05, 4.69) is 0 Å². The molecule has 0 saturated carbocycles. The predicted octanol–water partition coefficient (Wildman–Crippen LogP) is 4.90. The number of hydrogen-bond acceptors (Lipinski definition) is 2. The van der Waals surface area contributed by atoms with E-state index in [9.17, 15) is 9.59 Å². The van der Waals surface area contributed by atoms with Gasteiger partial charge in [0.2, 0.25) is 3.79 Å². The van der Waals surface area contributed by atoms with Gasteiger partial charge in [0.1, 0.15) is 0 Å². The molecule has 7 heteroatoms. The Morgan fingerprint density at radius 2 is 1.48 bits per heavy atom. The molecule has 2 aromatic rings. The third-order valence-corrected chi connectivity index (χ3v) is 3.47. The summed E-state index contributed by atoms with van der Waals surface area (Å²) in [7, 11) is 0. The van der Waals surface area contributed by atoms with Crippen LogP contribution in [-0.4, -0.2) is 22.2 Å². The summed E-state index contributed by atoms with van der Waals surface area (Å²) in [6.45, 7) is 1.62. The van der Waals surface area contributed by atoms with Crippen molar-refractivity contribution >= 4 is 46.7 Å². The number of carbonyl (C=O) groups is 2. The Labute approximate surface area is 148 Å². The number of carboxylic acids is 2. The molecule has 0 radical (unpaired) electrons. The third kappa shape index (κ3) is 6.10. The highest BCUT2D eigenvalue weighted by atomic mass is 35.6. The summed E-state index contributed by atoms with van der Waals surface area (Å²) < 4.78 is -1.29. The summed E-state index contributed by atoms with van der Waals surface area (Å²) >= 11 is 16.8. The Bertz CT molecular complexity index is 694. The van der Waals surface area contributed by atoms with Crippen molar-refractivity contribution in [3.8, 4) is 0 Å². The van der Waals surface area contributed by atoms with E-state index in [-0.39, 0.29) is 11.1 Å². The van der Waals surface area contributed by atoms with Gasteiger partial charge in [-0.2, -0.15) is 0 Å². The second-order valence-electron chi connectivity index (χ2n) is 4.50. The summed E-state index contributed by atoms with van der Waals surface area (Å²) in [6, 6.07) is 13.1. The van der Waals surface area contributed by atoms with Crippen molar-refractivity contribution in [2.24, 2.45) is 0 Å².